The Morgan fingerprint density at radius 1 is 1.03 bits per heavy atom. The fourth-order valence-electron chi connectivity index (χ4n) is 4.95. The van der Waals surface area contributed by atoms with E-state index in [9.17, 15) is 0 Å². The molecule has 0 N–H and O–H groups in total. The maximum atomic E-state index is 6.08. The highest BCUT2D eigenvalue weighted by molar-refractivity contribution is 5.42. The van der Waals surface area contributed by atoms with Gasteiger partial charge in [0.05, 0.1) is 37.5 Å². The van der Waals surface area contributed by atoms with Crippen LogP contribution in [-0.2, 0) is 28.0 Å². The minimum Gasteiger partial charge on any atom is -0.378 e. The summed E-state index contributed by atoms with van der Waals surface area (Å²) in [6.45, 7) is 12.0. The predicted molar refractivity (Wildman–Crippen MR) is 112 cm³/mol. The molecule has 1 aromatic heterocycles. The van der Waals surface area contributed by atoms with Crippen molar-refractivity contribution < 1.29 is 9.47 Å². The molecule has 4 heterocycles. The lowest BCUT2D eigenvalue weighted by Crippen LogP contribution is -2.42. The lowest BCUT2D eigenvalue weighted by atomic mass is 9.80. The van der Waals surface area contributed by atoms with Crippen LogP contribution in [0.3, 0.4) is 0 Å². The fraction of sp³-hybridized carbons (Fsp3) is 0.565. The summed E-state index contributed by atoms with van der Waals surface area (Å²) in [5.74, 6) is 0.864. The molecular weight excluding hydrogens is 364 g/mol. The van der Waals surface area contributed by atoms with Crippen molar-refractivity contribution in [2.45, 2.75) is 38.8 Å². The van der Waals surface area contributed by atoms with Gasteiger partial charge >= 0.3 is 0 Å². The molecule has 0 unspecified atom stereocenters. The lowest BCUT2D eigenvalue weighted by molar-refractivity contribution is 0.0497. The maximum absolute atomic E-state index is 6.08. The van der Waals surface area contributed by atoms with Gasteiger partial charge in [0.15, 0.2) is 0 Å². The zero-order chi connectivity index (χ0) is 19.8. The van der Waals surface area contributed by atoms with Gasteiger partial charge in [0, 0.05) is 37.4 Å². The SMILES string of the molecule is Cc1ccccc1CN1CC[C@]2(COCc3c(C)nc(N4CCOCC4)nc32)C1. The smallest absolute Gasteiger partial charge is 0.225 e. The van der Waals surface area contributed by atoms with E-state index in [1.807, 2.05) is 0 Å². The Morgan fingerprint density at radius 3 is 2.69 bits per heavy atom. The number of hydrogen-bond donors (Lipinski definition) is 0. The molecule has 0 radical (unpaired) electrons. The van der Waals surface area contributed by atoms with Crippen LogP contribution >= 0.6 is 0 Å². The Balaban J connectivity index is 1.44. The molecule has 0 aliphatic carbocycles. The van der Waals surface area contributed by atoms with E-state index in [4.69, 9.17) is 19.4 Å². The van der Waals surface area contributed by atoms with Gasteiger partial charge in [0.25, 0.3) is 0 Å². The Morgan fingerprint density at radius 2 is 1.86 bits per heavy atom. The number of likely N-dealkylation sites (tertiary alicyclic amines) is 1. The third-order valence-electron chi connectivity index (χ3n) is 6.71. The average Bonchev–Trinajstić information content (AvgIpc) is 3.14. The Labute approximate surface area is 172 Å². The van der Waals surface area contributed by atoms with Crippen molar-refractivity contribution in [1.82, 2.24) is 14.9 Å². The van der Waals surface area contributed by atoms with Gasteiger partial charge < -0.3 is 14.4 Å². The van der Waals surface area contributed by atoms with Crippen molar-refractivity contribution in [1.29, 1.82) is 0 Å². The quantitative estimate of drug-likeness (QED) is 0.798. The van der Waals surface area contributed by atoms with Crippen molar-refractivity contribution in [3.8, 4) is 0 Å². The topological polar surface area (TPSA) is 50.7 Å². The second kappa shape index (κ2) is 7.67. The normalized spacial score (nSPS) is 24.8. The van der Waals surface area contributed by atoms with Crippen LogP contribution in [0.5, 0.6) is 0 Å². The van der Waals surface area contributed by atoms with Crippen LogP contribution in [0.25, 0.3) is 0 Å². The summed E-state index contributed by atoms with van der Waals surface area (Å²) in [6.07, 6.45) is 1.09. The summed E-state index contributed by atoms with van der Waals surface area (Å²) >= 11 is 0. The molecule has 3 aliphatic heterocycles. The first-order valence-corrected chi connectivity index (χ1v) is 10.7. The van der Waals surface area contributed by atoms with Crippen molar-refractivity contribution in [3.63, 3.8) is 0 Å². The Kier molecular flexibility index (Phi) is 5.02. The molecule has 1 aromatic carbocycles. The van der Waals surface area contributed by atoms with Crippen molar-refractivity contribution >= 4 is 5.95 Å². The summed E-state index contributed by atoms with van der Waals surface area (Å²) < 4.78 is 11.6. The molecule has 0 amide bonds. The van der Waals surface area contributed by atoms with E-state index in [-0.39, 0.29) is 5.41 Å². The molecule has 2 aromatic rings. The molecule has 0 bridgehead atoms. The minimum atomic E-state index is -0.0228. The van der Waals surface area contributed by atoms with Gasteiger partial charge in [-0.05, 0) is 37.9 Å². The molecule has 2 fully saturated rings. The van der Waals surface area contributed by atoms with Crippen LogP contribution in [-0.4, -0.2) is 60.9 Å². The molecule has 2 saturated heterocycles. The van der Waals surface area contributed by atoms with Gasteiger partial charge in [-0.2, -0.15) is 0 Å². The summed E-state index contributed by atoms with van der Waals surface area (Å²) in [5.41, 5.74) is 6.24. The molecule has 29 heavy (non-hydrogen) atoms. The Bertz CT molecular complexity index is 896. The summed E-state index contributed by atoms with van der Waals surface area (Å²) in [6, 6.07) is 8.70. The number of hydrogen-bond acceptors (Lipinski definition) is 6. The highest BCUT2D eigenvalue weighted by atomic mass is 16.5. The lowest BCUT2D eigenvalue weighted by Gasteiger charge is -2.36. The van der Waals surface area contributed by atoms with Crippen LogP contribution in [0.1, 0.15) is 34.5 Å². The molecule has 5 rings (SSSR count). The molecule has 1 spiro atoms. The van der Waals surface area contributed by atoms with Crippen molar-refractivity contribution in [2.75, 3.05) is 50.9 Å². The number of aromatic nitrogens is 2. The van der Waals surface area contributed by atoms with Crippen LogP contribution in [0.2, 0.25) is 0 Å². The number of morpholine rings is 1. The van der Waals surface area contributed by atoms with E-state index in [1.54, 1.807) is 0 Å². The van der Waals surface area contributed by atoms with Gasteiger partial charge in [0.1, 0.15) is 0 Å². The van der Waals surface area contributed by atoms with E-state index in [0.717, 1.165) is 70.6 Å². The summed E-state index contributed by atoms with van der Waals surface area (Å²) in [5, 5.41) is 0. The van der Waals surface area contributed by atoms with Gasteiger partial charge in [0.2, 0.25) is 5.95 Å². The Hall–Kier alpha value is -2.02. The van der Waals surface area contributed by atoms with Crippen LogP contribution < -0.4 is 4.90 Å². The number of aryl methyl sites for hydroxylation is 2. The average molecular weight is 395 g/mol. The van der Waals surface area contributed by atoms with E-state index >= 15 is 0 Å². The molecule has 154 valence electrons. The van der Waals surface area contributed by atoms with Gasteiger partial charge in [-0.1, -0.05) is 24.3 Å². The maximum Gasteiger partial charge on any atom is 0.225 e. The van der Waals surface area contributed by atoms with E-state index in [2.05, 4.69) is 47.9 Å². The standard InChI is InChI=1S/C23H30N4O2/c1-17-5-3-4-6-19(17)13-26-8-7-23(15-26)16-29-14-20-18(2)24-22(25-21(20)23)27-9-11-28-12-10-27/h3-6H,7-16H2,1-2H3/t23-/m1/s1. The summed E-state index contributed by atoms with van der Waals surface area (Å²) in [7, 11) is 0. The number of benzene rings is 1. The third kappa shape index (κ3) is 3.54. The van der Waals surface area contributed by atoms with Gasteiger partial charge in [-0.15, -0.1) is 0 Å². The minimum absolute atomic E-state index is 0.0228. The number of nitrogens with zero attached hydrogens (tertiary/aromatic N) is 4. The molecular formula is C23H30N4O2. The first-order valence-electron chi connectivity index (χ1n) is 10.7. The first-order chi connectivity index (χ1) is 14.1. The number of anilines is 1. The second-order valence-corrected chi connectivity index (χ2v) is 8.70. The number of ether oxygens (including phenoxy) is 2. The number of fused-ring (bicyclic) bond motifs is 2. The third-order valence-corrected chi connectivity index (χ3v) is 6.71. The monoisotopic (exact) mass is 394 g/mol. The predicted octanol–water partition coefficient (Wildman–Crippen LogP) is 2.60. The van der Waals surface area contributed by atoms with E-state index in [1.165, 1.54) is 22.4 Å². The van der Waals surface area contributed by atoms with Gasteiger partial charge in [-0.3, -0.25) is 4.90 Å². The molecule has 0 saturated carbocycles. The zero-order valence-corrected chi connectivity index (χ0v) is 17.5. The fourth-order valence-corrected chi connectivity index (χ4v) is 4.95. The molecule has 6 heteroatoms. The zero-order valence-electron chi connectivity index (χ0n) is 17.5. The molecule has 6 nitrogen and oxygen atoms in total. The van der Waals surface area contributed by atoms with E-state index < -0.39 is 0 Å². The second-order valence-electron chi connectivity index (χ2n) is 8.70. The van der Waals surface area contributed by atoms with Crippen molar-refractivity contribution in [2.24, 2.45) is 0 Å². The van der Waals surface area contributed by atoms with E-state index in [0.29, 0.717) is 6.61 Å². The molecule has 1 atom stereocenters. The van der Waals surface area contributed by atoms with Crippen molar-refractivity contribution in [3.05, 3.63) is 52.3 Å². The highest BCUT2D eigenvalue weighted by Crippen LogP contribution is 2.41. The largest absolute Gasteiger partial charge is 0.378 e. The summed E-state index contributed by atoms with van der Waals surface area (Å²) in [4.78, 5) is 14.8. The number of rotatable bonds is 3. The van der Waals surface area contributed by atoms with Gasteiger partial charge in [-0.25, -0.2) is 9.97 Å². The van der Waals surface area contributed by atoms with Crippen LogP contribution in [0, 0.1) is 13.8 Å². The highest BCUT2D eigenvalue weighted by Gasteiger charge is 2.45. The van der Waals surface area contributed by atoms with Crippen LogP contribution in [0.4, 0.5) is 5.95 Å². The molecule has 3 aliphatic rings. The van der Waals surface area contributed by atoms with Crippen LogP contribution in [0.15, 0.2) is 24.3 Å². The first kappa shape index (κ1) is 19.0.